The van der Waals surface area contributed by atoms with Gasteiger partial charge < -0.3 is 11.1 Å². The van der Waals surface area contributed by atoms with Gasteiger partial charge in [0.1, 0.15) is 4.99 Å². The quantitative estimate of drug-likeness (QED) is 0.835. The minimum Gasteiger partial charge on any atom is -0.389 e. The minimum atomic E-state index is -0.195. The molecule has 0 aliphatic heterocycles. The van der Waals surface area contributed by atoms with Crippen LogP contribution in [-0.4, -0.2) is 15.9 Å². The molecule has 2 aromatic rings. The maximum Gasteiger partial charge on any atom is 0.255 e. The van der Waals surface area contributed by atoms with Gasteiger partial charge in [-0.1, -0.05) is 12.2 Å². The fourth-order valence-electron chi connectivity index (χ4n) is 1.65. The molecule has 0 radical (unpaired) electrons. The Kier molecular flexibility index (Phi) is 4.46. The Hall–Kier alpha value is -1.79. The lowest BCUT2D eigenvalue weighted by Gasteiger charge is -2.09. The van der Waals surface area contributed by atoms with Gasteiger partial charge >= 0.3 is 0 Å². The number of amides is 1. The third-order valence-electron chi connectivity index (χ3n) is 2.66. The van der Waals surface area contributed by atoms with Crippen LogP contribution in [0.4, 0.5) is 5.69 Å². The number of pyridine rings is 1. The molecule has 0 aliphatic carbocycles. The number of aryl methyl sites for hydroxylation is 1. The second-order valence-electron chi connectivity index (χ2n) is 4.20. The number of aromatic nitrogens is 1. The van der Waals surface area contributed by atoms with Gasteiger partial charge in [-0.3, -0.25) is 9.78 Å². The minimum absolute atomic E-state index is 0.195. The van der Waals surface area contributed by atoms with Gasteiger partial charge in [-0.25, -0.2) is 0 Å². The smallest absolute Gasteiger partial charge is 0.255 e. The Morgan fingerprint density at radius 1 is 1.30 bits per heavy atom. The zero-order valence-corrected chi connectivity index (χ0v) is 13.1. The topological polar surface area (TPSA) is 68.0 Å². The van der Waals surface area contributed by atoms with Crippen LogP contribution in [0.25, 0.3) is 0 Å². The number of thiocarbonyl (C=S) groups is 1. The summed E-state index contributed by atoms with van der Waals surface area (Å²) in [7, 11) is 0. The molecule has 1 aromatic heterocycles. The SMILES string of the molecule is Cc1cc(C(=O)Nc2ccc(C(N)=S)cc2Br)ccn1. The van der Waals surface area contributed by atoms with Crippen molar-refractivity contribution in [3.8, 4) is 0 Å². The molecule has 0 bridgehead atoms. The van der Waals surface area contributed by atoms with E-state index in [1.165, 1.54) is 0 Å². The second kappa shape index (κ2) is 6.11. The van der Waals surface area contributed by atoms with E-state index in [1.54, 1.807) is 36.5 Å². The fraction of sp³-hybridized carbons (Fsp3) is 0.0714. The molecule has 4 nitrogen and oxygen atoms in total. The normalized spacial score (nSPS) is 10.1. The summed E-state index contributed by atoms with van der Waals surface area (Å²) in [4.78, 5) is 16.5. The molecule has 1 heterocycles. The van der Waals surface area contributed by atoms with Crippen LogP contribution in [0.5, 0.6) is 0 Å². The highest BCUT2D eigenvalue weighted by Crippen LogP contribution is 2.24. The molecule has 0 saturated carbocycles. The number of nitrogens with zero attached hydrogens (tertiary/aromatic N) is 1. The molecule has 0 atom stereocenters. The average molecular weight is 350 g/mol. The van der Waals surface area contributed by atoms with E-state index in [4.69, 9.17) is 18.0 Å². The molecule has 0 fully saturated rings. The Morgan fingerprint density at radius 3 is 2.65 bits per heavy atom. The number of nitrogens with one attached hydrogen (secondary N) is 1. The molecule has 1 amide bonds. The van der Waals surface area contributed by atoms with Crippen molar-refractivity contribution in [3.63, 3.8) is 0 Å². The van der Waals surface area contributed by atoms with Crippen LogP contribution in [0.15, 0.2) is 41.0 Å². The van der Waals surface area contributed by atoms with Crippen molar-refractivity contribution in [3.05, 3.63) is 57.8 Å². The molecule has 0 unspecified atom stereocenters. The average Bonchev–Trinajstić information content (AvgIpc) is 2.40. The molecule has 0 saturated heterocycles. The van der Waals surface area contributed by atoms with E-state index in [-0.39, 0.29) is 5.91 Å². The summed E-state index contributed by atoms with van der Waals surface area (Å²) in [6.07, 6.45) is 1.61. The highest BCUT2D eigenvalue weighted by molar-refractivity contribution is 9.10. The first-order valence-corrected chi connectivity index (χ1v) is 7.01. The lowest BCUT2D eigenvalue weighted by atomic mass is 10.2. The van der Waals surface area contributed by atoms with E-state index in [0.717, 1.165) is 15.7 Å². The van der Waals surface area contributed by atoms with Gasteiger partial charge in [0.25, 0.3) is 5.91 Å². The monoisotopic (exact) mass is 349 g/mol. The van der Waals surface area contributed by atoms with Crippen molar-refractivity contribution in [2.75, 3.05) is 5.32 Å². The van der Waals surface area contributed by atoms with Gasteiger partial charge in [0.2, 0.25) is 0 Å². The first-order chi connectivity index (χ1) is 9.47. The van der Waals surface area contributed by atoms with Crippen molar-refractivity contribution in [1.82, 2.24) is 4.98 Å². The molecule has 20 heavy (non-hydrogen) atoms. The predicted molar refractivity (Wildman–Crippen MR) is 87.0 cm³/mol. The number of rotatable bonds is 3. The summed E-state index contributed by atoms with van der Waals surface area (Å²) in [6.45, 7) is 1.84. The highest BCUT2D eigenvalue weighted by atomic mass is 79.9. The third-order valence-corrected chi connectivity index (χ3v) is 3.55. The van der Waals surface area contributed by atoms with Crippen molar-refractivity contribution >= 4 is 44.7 Å². The van der Waals surface area contributed by atoms with E-state index in [2.05, 4.69) is 26.2 Å². The summed E-state index contributed by atoms with van der Waals surface area (Å²) < 4.78 is 0.724. The van der Waals surface area contributed by atoms with E-state index >= 15 is 0 Å². The number of hydrogen-bond acceptors (Lipinski definition) is 3. The Balaban J connectivity index is 2.22. The molecular formula is C14H12BrN3OS. The van der Waals surface area contributed by atoms with Crippen molar-refractivity contribution < 1.29 is 4.79 Å². The van der Waals surface area contributed by atoms with Crippen molar-refractivity contribution in [1.29, 1.82) is 0 Å². The van der Waals surface area contributed by atoms with E-state index in [1.807, 2.05) is 6.92 Å². The number of nitrogens with two attached hydrogens (primary N) is 1. The fourth-order valence-corrected chi connectivity index (χ4v) is 2.26. The Labute approximate surface area is 130 Å². The Morgan fingerprint density at radius 2 is 2.05 bits per heavy atom. The molecule has 0 spiro atoms. The number of carbonyl (C=O) groups is 1. The van der Waals surface area contributed by atoms with E-state index in [9.17, 15) is 4.79 Å². The molecule has 102 valence electrons. The van der Waals surface area contributed by atoms with E-state index < -0.39 is 0 Å². The van der Waals surface area contributed by atoms with Gasteiger partial charge in [0.05, 0.1) is 5.69 Å². The van der Waals surface area contributed by atoms with Gasteiger partial charge in [-0.15, -0.1) is 0 Å². The summed E-state index contributed by atoms with van der Waals surface area (Å²) >= 11 is 8.30. The molecule has 1 aromatic carbocycles. The highest BCUT2D eigenvalue weighted by Gasteiger charge is 2.09. The molecule has 0 aliphatic rings. The zero-order valence-electron chi connectivity index (χ0n) is 10.7. The van der Waals surface area contributed by atoms with Gasteiger partial charge in [0.15, 0.2) is 0 Å². The van der Waals surface area contributed by atoms with Crippen LogP contribution >= 0.6 is 28.1 Å². The largest absolute Gasteiger partial charge is 0.389 e. The standard InChI is InChI=1S/C14H12BrN3OS/c1-8-6-10(4-5-17-8)14(19)18-12-3-2-9(13(16)20)7-11(12)15/h2-7H,1H3,(H2,16,20)(H,18,19). The Bertz CT molecular complexity index is 688. The maximum atomic E-state index is 12.1. The summed E-state index contributed by atoms with van der Waals surface area (Å²) in [5.41, 5.74) is 8.31. The van der Waals surface area contributed by atoms with Crippen LogP contribution in [-0.2, 0) is 0 Å². The van der Waals surface area contributed by atoms with Crippen LogP contribution in [0, 0.1) is 6.92 Å². The lowest BCUT2D eigenvalue weighted by Crippen LogP contribution is -2.14. The molecule has 6 heteroatoms. The second-order valence-corrected chi connectivity index (χ2v) is 5.49. The number of hydrogen-bond donors (Lipinski definition) is 2. The maximum absolute atomic E-state index is 12.1. The first-order valence-electron chi connectivity index (χ1n) is 5.81. The van der Waals surface area contributed by atoms with E-state index in [0.29, 0.717) is 16.2 Å². The summed E-state index contributed by atoms with van der Waals surface area (Å²) in [6, 6.07) is 8.69. The van der Waals surface area contributed by atoms with Gasteiger partial charge in [-0.05, 0) is 53.2 Å². The summed E-state index contributed by atoms with van der Waals surface area (Å²) in [5.74, 6) is -0.195. The van der Waals surface area contributed by atoms with Crippen LogP contribution < -0.4 is 11.1 Å². The molecule has 3 N–H and O–H groups in total. The lowest BCUT2D eigenvalue weighted by molar-refractivity contribution is 0.102. The van der Waals surface area contributed by atoms with Crippen molar-refractivity contribution in [2.45, 2.75) is 6.92 Å². The molecule has 2 rings (SSSR count). The number of anilines is 1. The van der Waals surface area contributed by atoms with Gasteiger partial charge in [0, 0.05) is 27.5 Å². The number of benzene rings is 1. The summed E-state index contributed by atoms with van der Waals surface area (Å²) in [5, 5.41) is 2.82. The van der Waals surface area contributed by atoms with Crippen LogP contribution in [0.3, 0.4) is 0 Å². The number of carbonyl (C=O) groups excluding carboxylic acids is 1. The first kappa shape index (κ1) is 14.6. The van der Waals surface area contributed by atoms with Crippen molar-refractivity contribution in [2.24, 2.45) is 5.73 Å². The number of halogens is 1. The third kappa shape index (κ3) is 3.40. The zero-order chi connectivity index (χ0) is 14.7. The predicted octanol–water partition coefficient (Wildman–Crippen LogP) is 3.04. The van der Waals surface area contributed by atoms with Crippen LogP contribution in [0.1, 0.15) is 21.6 Å². The van der Waals surface area contributed by atoms with Crippen LogP contribution in [0.2, 0.25) is 0 Å². The van der Waals surface area contributed by atoms with Gasteiger partial charge in [-0.2, -0.15) is 0 Å². The molecular weight excluding hydrogens is 338 g/mol.